The second-order valence-electron chi connectivity index (χ2n) is 6.96. The number of aromatic nitrogens is 1. The molecule has 0 bridgehead atoms. The minimum absolute atomic E-state index is 0.0612. The van der Waals surface area contributed by atoms with E-state index in [2.05, 4.69) is 5.32 Å². The van der Waals surface area contributed by atoms with E-state index in [0.29, 0.717) is 5.56 Å². The Morgan fingerprint density at radius 2 is 1.80 bits per heavy atom. The average Bonchev–Trinajstić information content (AvgIpc) is 2.85. The molecule has 0 aliphatic heterocycles. The quantitative estimate of drug-likeness (QED) is 0.802. The van der Waals surface area contributed by atoms with Gasteiger partial charge >= 0.3 is 0 Å². The van der Waals surface area contributed by atoms with E-state index in [0.717, 1.165) is 23.4 Å². The third-order valence-corrected chi connectivity index (χ3v) is 4.55. The van der Waals surface area contributed by atoms with E-state index in [1.165, 1.54) is 19.1 Å². The van der Waals surface area contributed by atoms with Crippen molar-refractivity contribution in [2.45, 2.75) is 53.1 Å². The summed E-state index contributed by atoms with van der Waals surface area (Å²) in [6.45, 7) is 9.38. The molecule has 25 heavy (non-hydrogen) atoms. The monoisotopic (exact) mass is 344 g/mol. The molecule has 0 aliphatic carbocycles. The highest BCUT2D eigenvalue weighted by Gasteiger charge is 2.21. The molecule has 0 atom stereocenters. The lowest BCUT2D eigenvalue weighted by atomic mass is 10.0. The third-order valence-electron chi connectivity index (χ3n) is 4.55. The fraction of sp³-hybridized carbons (Fsp3) is 0.400. The molecule has 1 N–H and O–H groups in total. The van der Waals surface area contributed by atoms with Crippen molar-refractivity contribution in [1.82, 2.24) is 9.88 Å². The van der Waals surface area contributed by atoms with Crippen LogP contribution in [0.3, 0.4) is 0 Å². The van der Waals surface area contributed by atoms with Gasteiger partial charge < -0.3 is 9.88 Å². The fourth-order valence-electron chi connectivity index (χ4n) is 2.71. The van der Waals surface area contributed by atoms with Gasteiger partial charge in [0.05, 0.1) is 0 Å². The van der Waals surface area contributed by atoms with E-state index >= 15 is 0 Å². The Labute approximate surface area is 148 Å². The normalized spacial score (nSPS) is 11.4. The molecule has 134 valence electrons. The lowest BCUT2D eigenvalue weighted by Crippen LogP contribution is -2.44. The molecule has 0 fully saturated rings. The van der Waals surface area contributed by atoms with Gasteiger partial charge in [-0.25, -0.2) is 4.39 Å². The van der Waals surface area contributed by atoms with Crippen molar-refractivity contribution in [3.05, 3.63) is 47.4 Å². The van der Waals surface area contributed by atoms with Crippen LogP contribution in [0.2, 0.25) is 0 Å². The average molecular weight is 344 g/mol. The lowest BCUT2D eigenvalue weighted by Gasteiger charge is -2.25. The molecule has 1 aromatic heterocycles. The number of benzene rings is 1. The van der Waals surface area contributed by atoms with Crippen molar-refractivity contribution in [2.75, 3.05) is 0 Å². The van der Waals surface area contributed by atoms with Gasteiger partial charge in [0.2, 0.25) is 5.91 Å². The largest absolute Gasteiger partial charge is 0.350 e. The predicted octanol–water partition coefficient (Wildman–Crippen LogP) is 4.11. The van der Waals surface area contributed by atoms with Gasteiger partial charge in [0.15, 0.2) is 5.78 Å². The molecule has 1 heterocycles. The highest BCUT2D eigenvalue weighted by Crippen LogP contribution is 2.26. The van der Waals surface area contributed by atoms with Crippen molar-refractivity contribution >= 4 is 11.7 Å². The van der Waals surface area contributed by atoms with Crippen LogP contribution in [0.15, 0.2) is 30.3 Å². The predicted molar refractivity (Wildman–Crippen MR) is 97.1 cm³/mol. The highest BCUT2D eigenvalue weighted by molar-refractivity contribution is 5.97. The topological polar surface area (TPSA) is 51.1 Å². The molecule has 0 saturated carbocycles. The molecule has 5 heteroatoms. The second kappa shape index (κ2) is 7.21. The number of carbonyl (C=O) groups is 2. The first kappa shape index (κ1) is 18.9. The van der Waals surface area contributed by atoms with Crippen molar-refractivity contribution in [3.8, 4) is 11.3 Å². The van der Waals surface area contributed by atoms with Crippen LogP contribution < -0.4 is 5.32 Å². The van der Waals surface area contributed by atoms with Crippen molar-refractivity contribution in [2.24, 2.45) is 0 Å². The number of hydrogen-bond donors (Lipinski definition) is 1. The maximum atomic E-state index is 13.2. The zero-order valence-electron chi connectivity index (χ0n) is 15.4. The minimum atomic E-state index is -0.326. The van der Waals surface area contributed by atoms with E-state index < -0.39 is 0 Å². The number of Topliss-reactive ketones (excluding diaryl/α,β-unsaturated/α-hetero) is 1. The maximum absolute atomic E-state index is 13.2. The van der Waals surface area contributed by atoms with Gasteiger partial charge in [0.1, 0.15) is 12.4 Å². The summed E-state index contributed by atoms with van der Waals surface area (Å²) >= 11 is 0. The Bertz CT molecular complexity index is 789. The summed E-state index contributed by atoms with van der Waals surface area (Å²) in [4.78, 5) is 24.4. The summed E-state index contributed by atoms with van der Waals surface area (Å²) in [5.41, 5.74) is 2.50. The number of ketones is 1. The minimum Gasteiger partial charge on any atom is -0.350 e. The van der Waals surface area contributed by atoms with E-state index in [-0.39, 0.29) is 29.6 Å². The van der Waals surface area contributed by atoms with E-state index in [4.69, 9.17) is 0 Å². The summed E-state index contributed by atoms with van der Waals surface area (Å²) < 4.78 is 15.0. The maximum Gasteiger partial charge on any atom is 0.240 e. The summed E-state index contributed by atoms with van der Waals surface area (Å²) in [7, 11) is 0. The number of hydrogen-bond acceptors (Lipinski definition) is 2. The Balaban J connectivity index is 2.43. The second-order valence-corrected chi connectivity index (χ2v) is 6.96. The molecule has 1 aromatic carbocycles. The van der Waals surface area contributed by atoms with E-state index in [1.54, 1.807) is 18.2 Å². The standard InChI is InChI=1S/C20H25FN2O2/c1-6-20(4,5)22-19(25)12-23-13(2)17(14(3)24)11-18(23)15-7-9-16(21)10-8-15/h7-11H,6,12H2,1-5H3,(H,22,25). The summed E-state index contributed by atoms with van der Waals surface area (Å²) in [6, 6.07) is 7.81. The van der Waals surface area contributed by atoms with Crippen molar-refractivity contribution in [3.63, 3.8) is 0 Å². The molecule has 0 unspecified atom stereocenters. The Kier molecular flexibility index (Phi) is 5.45. The van der Waals surface area contributed by atoms with Crippen molar-refractivity contribution in [1.29, 1.82) is 0 Å². The Morgan fingerprint density at radius 3 is 2.32 bits per heavy atom. The first-order chi connectivity index (χ1) is 11.6. The molecule has 2 aromatic rings. The molecule has 0 radical (unpaired) electrons. The van der Waals surface area contributed by atoms with Gasteiger partial charge in [-0.15, -0.1) is 0 Å². The smallest absolute Gasteiger partial charge is 0.240 e. The molecule has 1 amide bonds. The molecule has 0 saturated heterocycles. The van der Waals surface area contributed by atoms with Crippen LogP contribution in [0.5, 0.6) is 0 Å². The lowest BCUT2D eigenvalue weighted by molar-refractivity contribution is -0.123. The first-order valence-electron chi connectivity index (χ1n) is 8.42. The molecule has 4 nitrogen and oxygen atoms in total. The van der Waals surface area contributed by atoms with Gasteiger partial charge in [-0.3, -0.25) is 9.59 Å². The van der Waals surface area contributed by atoms with Gasteiger partial charge in [0.25, 0.3) is 0 Å². The molecule has 0 aliphatic rings. The summed E-state index contributed by atoms with van der Waals surface area (Å²) in [6.07, 6.45) is 0.812. The van der Waals surface area contributed by atoms with E-state index in [1.807, 2.05) is 32.3 Å². The molecule has 2 rings (SSSR count). The Hall–Kier alpha value is -2.43. The number of rotatable bonds is 6. The first-order valence-corrected chi connectivity index (χ1v) is 8.42. The number of halogens is 1. The number of carbonyl (C=O) groups excluding carboxylic acids is 2. The number of nitrogens with one attached hydrogen (secondary N) is 1. The van der Waals surface area contributed by atoms with Gasteiger partial charge in [-0.2, -0.15) is 0 Å². The van der Waals surface area contributed by atoms with Crippen LogP contribution in [0.4, 0.5) is 4.39 Å². The van der Waals surface area contributed by atoms with Crippen LogP contribution >= 0.6 is 0 Å². The van der Waals surface area contributed by atoms with Crippen LogP contribution in [0.25, 0.3) is 11.3 Å². The molecular formula is C20H25FN2O2. The van der Waals surface area contributed by atoms with Crippen LogP contribution in [0.1, 0.15) is 50.2 Å². The van der Waals surface area contributed by atoms with E-state index in [9.17, 15) is 14.0 Å². The van der Waals surface area contributed by atoms with Gasteiger partial charge in [-0.05, 0) is 70.0 Å². The Morgan fingerprint density at radius 1 is 1.20 bits per heavy atom. The summed E-state index contributed by atoms with van der Waals surface area (Å²) in [5, 5.41) is 3.00. The van der Waals surface area contributed by atoms with Crippen molar-refractivity contribution < 1.29 is 14.0 Å². The summed E-state index contributed by atoms with van der Waals surface area (Å²) in [5.74, 6) is -0.509. The van der Waals surface area contributed by atoms with Gasteiger partial charge in [-0.1, -0.05) is 6.92 Å². The highest BCUT2D eigenvalue weighted by atomic mass is 19.1. The number of amides is 1. The fourth-order valence-corrected chi connectivity index (χ4v) is 2.71. The molecule has 0 spiro atoms. The van der Waals surface area contributed by atoms with Crippen LogP contribution in [-0.4, -0.2) is 21.8 Å². The third kappa shape index (κ3) is 4.35. The SMILES string of the molecule is CCC(C)(C)NC(=O)Cn1c(-c2ccc(F)cc2)cc(C(C)=O)c1C. The number of nitrogens with zero attached hydrogens (tertiary/aromatic N) is 1. The van der Waals surface area contributed by atoms with Crippen LogP contribution in [0, 0.1) is 12.7 Å². The van der Waals surface area contributed by atoms with Gasteiger partial charge in [0, 0.05) is 22.5 Å². The zero-order valence-corrected chi connectivity index (χ0v) is 15.4. The van der Waals surface area contributed by atoms with Crippen LogP contribution in [-0.2, 0) is 11.3 Å². The zero-order chi connectivity index (χ0) is 18.8. The molecular weight excluding hydrogens is 319 g/mol.